The van der Waals surface area contributed by atoms with Crippen molar-refractivity contribution in [2.75, 3.05) is 36.5 Å². The van der Waals surface area contributed by atoms with Crippen molar-refractivity contribution < 1.29 is 19.2 Å². The van der Waals surface area contributed by atoms with Crippen LogP contribution in [0.1, 0.15) is 6.92 Å². The lowest BCUT2D eigenvalue weighted by Gasteiger charge is -2.09. The van der Waals surface area contributed by atoms with Gasteiger partial charge in [0.2, 0.25) is 5.91 Å². The summed E-state index contributed by atoms with van der Waals surface area (Å²) in [5.41, 5.74) is 0.464. The molecular weight excluding hydrogens is 358 g/mol. The Labute approximate surface area is 148 Å². The number of rotatable bonds is 10. The number of non-ortho nitro benzene ring substituents is 1. The van der Waals surface area contributed by atoms with Crippen molar-refractivity contribution in [2.24, 2.45) is 0 Å². The maximum Gasteiger partial charge on any atom is 0.315 e. The van der Waals surface area contributed by atoms with Gasteiger partial charge < -0.3 is 15.4 Å². The Balaban J connectivity index is 2.22. The molecule has 1 aromatic carbocycles. The lowest BCUT2D eigenvalue weighted by atomic mass is 10.3. The number of nitro groups is 1. The Morgan fingerprint density at radius 1 is 1.33 bits per heavy atom. The van der Waals surface area contributed by atoms with Crippen molar-refractivity contribution >= 4 is 46.6 Å². The van der Waals surface area contributed by atoms with Gasteiger partial charge in [0.25, 0.3) is 5.69 Å². The van der Waals surface area contributed by atoms with Crippen LogP contribution in [0.4, 0.5) is 11.4 Å². The first-order valence-electron chi connectivity index (χ1n) is 7.12. The normalized spacial score (nSPS) is 10.1. The summed E-state index contributed by atoms with van der Waals surface area (Å²) in [6.45, 7) is 2.81. The van der Waals surface area contributed by atoms with Crippen LogP contribution < -0.4 is 10.6 Å². The molecule has 0 heterocycles. The molecule has 1 rings (SSSR count). The number of halogens is 1. The number of amides is 1. The number of hydrogen-bond acceptors (Lipinski definition) is 7. The second kappa shape index (κ2) is 10.7. The van der Waals surface area contributed by atoms with Crippen molar-refractivity contribution in [1.82, 2.24) is 5.32 Å². The smallest absolute Gasteiger partial charge is 0.315 e. The Hall–Kier alpha value is -2.00. The van der Waals surface area contributed by atoms with E-state index in [1.165, 1.54) is 30.0 Å². The molecule has 24 heavy (non-hydrogen) atoms. The second-order valence-electron chi connectivity index (χ2n) is 4.50. The van der Waals surface area contributed by atoms with Crippen molar-refractivity contribution in [2.45, 2.75) is 6.92 Å². The molecule has 0 radical (unpaired) electrons. The molecule has 10 heteroatoms. The molecule has 0 aliphatic rings. The third-order valence-corrected chi connectivity index (χ3v) is 3.90. The van der Waals surface area contributed by atoms with Crippen LogP contribution in [0.25, 0.3) is 0 Å². The minimum Gasteiger partial charge on any atom is -0.465 e. The van der Waals surface area contributed by atoms with E-state index >= 15 is 0 Å². The summed E-state index contributed by atoms with van der Waals surface area (Å²) in [6, 6.07) is 4.12. The molecule has 1 amide bonds. The molecule has 0 saturated carbocycles. The number of nitro benzene ring substituents is 1. The van der Waals surface area contributed by atoms with Crippen molar-refractivity contribution in [3.8, 4) is 0 Å². The zero-order chi connectivity index (χ0) is 17.9. The molecular formula is C14H18ClN3O5S. The van der Waals surface area contributed by atoms with Crippen LogP contribution in [0.2, 0.25) is 5.02 Å². The zero-order valence-electron chi connectivity index (χ0n) is 13.0. The van der Waals surface area contributed by atoms with Gasteiger partial charge in [0, 0.05) is 25.2 Å². The number of carbonyl (C=O) groups excluding carboxylic acids is 2. The fourth-order valence-corrected chi connectivity index (χ4v) is 2.52. The Morgan fingerprint density at radius 3 is 2.71 bits per heavy atom. The first-order valence-corrected chi connectivity index (χ1v) is 8.65. The number of nitrogens with one attached hydrogen (secondary N) is 2. The molecule has 1 aromatic rings. The van der Waals surface area contributed by atoms with Crippen LogP contribution in [0, 0.1) is 10.1 Å². The molecule has 0 atom stereocenters. The van der Waals surface area contributed by atoms with Gasteiger partial charge >= 0.3 is 5.97 Å². The number of nitrogens with zero attached hydrogens (tertiary/aromatic N) is 1. The van der Waals surface area contributed by atoms with Crippen molar-refractivity contribution in [3.05, 3.63) is 33.3 Å². The predicted molar refractivity (Wildman–Crippen MR) is 93.6 cm³/mol. The van der Waals surface area contributed by atoms with Gasteiger partial charge in [0.05, 0.1) is 33.7 Å². The highest BCUT2D eigenvalue weighted by atomic mass is 35.5. The van der Waals surface area contributed by atoms with Gasteiger partial charge in [-0.2, -0.15) is 0 Å². The largest absolute Gasteiger partial charge is 0.465 e. The summed E-state index contributed by atoms with van der Waals surface area (Å²) in [6.07, 6.45) is 0. The van der Waals surface area contributed by atoms with E-state index in [4.69, 9.17) is 16.3 Å². The van der Waals surface area contributed by atoms with Crippen molar-refractivity contribution in [1.29, 1.82) is 0 Å². The third kappa shape index (κ3) is 7.51. The van der Waals surface area contributed by atoms with Crippen LogP contribution in [0.15, 0.2) is 18.2 Å². The molecule has 8 nitrogen and oxygen atoms in total. The highest BCUT2D eigenvalue weighted by Gasteiger charge is 2.09. The first kappa shape index (κ1) is 20.0. The summed E-state index contributed by atoms with van der Waals surface area (Å²) in [4.78, 5) is 32.8. The number of hydrogen-bond donors (Lipinski definition) is 2. The maximum absolute atomic E-state index is 11.6. The van der Waals surface area contributed by atoms with E-state index in [2.05, 4.69) is 10.6 Å². The number of benzene rings is 1. The van der Waals surface area contributed by atoms with Gasteiger partial charge in [-0.1, -0.05) is 11.6 Å². The average Bonchev–Trinajstić information content (AvgIpc) is 2.52. The summed E-state index contributed by atoms with van der Waals surface area (Å²) in [5, 5.41) is 16.5. The number of esters is 1. The molecule has 0 aliphatic carbocycles. The van der Waals surface area contributed by atoms with E-state index in [9.17, 15) is 19.7 Å². The lowest BCUT2D eigenvalue weighted by molar-refractivity contribution is -0.384. The fraction of sp³-hybridized carbons (Fsp3) is 0.429. The first-order chi connectivity index (χ1) is 11.4. The fourth-order valence-electron chi connectivity index (χ4n) is 1.64. The van der Waals surface area contributed by atoms with Gasteiger partial charge in [0.1, 0.15) is 0 Å². The highest BCUT2D eigenvalue weighted by Crippen LogP contribution is 2.26. The molecule has 0 spiro atoms. The minimum absolute atomic E-state index is 0.0857. The lowest BCUT2D eigenvalue weighted by Crippen LogP contribution is -2.30. The zero-order valence-corrected chi connectivity index (χ0v) is 14.6. The molecule has 0 bridgehead atoms. The number of thioether (sulfide) groups is 1. The van der Waals surface area contributed by atoms with E-state index in [1.807, 2.05) is 0 Å². The van der Waals surface area contributed by atoms with Crippen LogP contribution in [-0.2, 0) is 14.3 Å². The van der Waals surface area contributed by atoms with Gasteiger partial charge in [-0.05, 0) is 13.0 Å². The van der Waals surface area contributed by atoms with Gasteiger partial charge in [0.15, 0.2) is 0 Å². The molecule has 0 aromatic heterocycles. The Morgan fingerprint density at radius 2 is 2.08 bits per heavy atom. The minimum atomic E-state index is -0.524. The SMILES string of the molecule is CCOC(=O)CSCC(=O)NCCNc1ccc([N+](=O)[O-])cc1Cl. The quantitative estimate of drug-likeness (QED) is 0.279. The van der Waals surface area contributed by atoms with E-state index in [1.54, 1.807) is 6.92 Å². The van der Waals surface area contributed by atoms with Crippen LogP contribution >= 0.6 is 23.4 Å². The molecule has 2 N–H and O–H groups in total. The van der Waals surface area contributed by atoms with Gasteiger partial charge in [-0.15, -0.1) is 11.8 Å². The number of ether oxygens (including phenoxy) is 1. The van der Waals surface area contributed by atoms with E-state index in [0.717, 1.165) is 0 Å². The standard InChI is InChI=1S/C14H18ClN3O5S/c1-2-23-14(20)9-24-8-13(19)17-6-5-16-12-4-3-10(18(21)22)7-11(12)15/h3-4,7,16H,2,5-6,8-9H2,1H3,(H,17,19). The van der Waals surface area contributed by atoms with Crippen LogP contribution in [0.3, 0.4) is 0 Å². The van der Waals surface area contributed by atoms with Crippen LogP contribution in [-0.4, -0.2) is 48.0 Å². The summed E-state index contributed by atoms with van der Waals surface area (Å²) in [7, 11) is 0. The number of anilines is 1. The maximum atomic E-state index is 11.6. The summed E-state index contributed by atoms with van der Waals surface area (Å²) >= 11 is 7.12. The molecule has 0 fully saturated rings. The summed E-state index contributed by atoms with van der Waals surface area (Å²) < 4.78 is 4.75. The average molecular weight is 376 g/mol. The highest BCUT2D eigenvalue weighted by molar-refractivity contribution is 8.00. The van der Waals surface area contributed by atoms with Crippen molar-refractivity contribution in [3.63, 3.8) is 0 Å². The van der Waals surface area contributed by atoms with E-state index in [-0.39, 0.29) is 34.1 Å². The second-order valence-corrected chi connectivity index (χ2v) is 5.89. The molecule has 0 aliphatic heterocycles. The predicted octanol–water partition coefficient (Wildman–Crippen LogP) is 2.07. The monoisotopic (exact) mass is 375 g/mol. The summed E-state index contributed by atoms with van der Waals surface area (Å²) in [5.74, 6) is -0.236. The third-order valence-electron chi connectivity index (χ3n) is 2.68. The van der Waals surface area contributed by atoms with E-state index < -0.39 is 4.92 Å². The molecule has 0 unspecified atom stereocenters. The van der Waals surface area contributed by atoms with Crippen LogP contribution in [0.5, 0.6) is 0 Å². The Kier molecular flexibility index (Phi) is 8.95. The molecule has 132 valence electrons. The van der Waals surface area contributed by atoms with Gasteiger partial charge in [-0.3, -0.25) is 19.7 Å². The number of carbonyl (C=O) groups is 2. The Bertz CT molecular complexity index is 600. The van der Waals surface area contributed by atoms with Gasteiger partial charge in [-0.25, -0.2) is 0 Å². The van der Waals surface area contributed by atoms with E-state index in [0.29, 0.717) is 25.4 Å². The topological polar surface area (TPSA) is 111 Å². The molecule has 0 saturated heterocycles.